The van der Waals surface area contributed by atoms with Crippen LogP contribution in [-0.4, -0.2) is 12.9 Å². The van der Waals surface area contributed by atoms with Crippen molar-refractivity contribution in [3.8, 4) is 5.75 Å². The Morgan fingerprint density at radius 3 is 2.85 bits per heavy atom. The highest BCUT2D eigenvalue weighted by Gasteiger charge is 2.05. The summed E-state index contributed by atoms with van der Waals surface area (Å²) in [7, 11) is 1.56. The van der Waals surface area contributed by atoms with Gasteiger partial charge in [-0.25, -0.2) is 0 Å². The molecule has 1 rings (SSSR count). The van der Waals surface area contributed by atoms with Gasteiger partial charge in [0.25, 0.3) is 0 Å². The second-order valence-corrected chi connectivity index (χ2v) is 3.27. The molecule has 0 fully saturated rings. The summed E-state index contributed by atoms with van der Waals surface area (Å²) in [5.74, 6) is 0.540. The molecule has 0 radical (unpaired) electrons. The van der Waals surface area contributed by atoms with Crippen LogP contribution >= 0.6 is 15.9 Å². The Morgan fingerprint density at radius 2 is 2.31 bits per heavy atom. The van der Waals surface area contributed by atoms with E-state index in [1.54, 1.807) is 25.3 Å². The Bertz CT molecular complexity index is 345. The first-order valence-corrected chi connectivity index (χ1v) is 4.48. The second-order valence-electron chi connectivity index (χ2n) is 2.42. The third-order valence-corrected chi connectivity index (χ3v) is 2.28. The van der Waals surface area contributed by atoms with Crippen molar-refractivity contribution in [3.63, 3.8) is 0 Å². The van der Waals surface area contributed by atoms with E-state index in [9.17, 15) is 4.79 Å². The normalized spacial score (nSPS) is 9.38. The lowest BCUT2D eigenvalue weighted by molar-refractivity contribution is 0.104. The summed E-state index contributed by atoms with van der Waals surface area (Å²) >= 11 is 3.30. The predicted molar refractivity (Wildman–Crippen MR) is 55.2 cm³/mol. The number of ether oxygens (including phenoxy) is 1. The zero-order valence-electron chi connectivity index (χ0n) is 7.21. The van der Waals surface area contributed by atoms with Gasteiger partial charge in [-0.3, -0.25) is 4.79 Å². The van der Waals surface area contributed by atoms with E-state index in [0.717, 1.165) is 4.47 Å². The van der Waals surface area contributed by atoms with Crippen LogP contribution in [0.1, 0.15) is 10.4 Å². The molecule has 0 spiro atoms. The van der Waals surface area contributed by atoms with Gasteiger partial charge in [0.1, 0.15) is 5.75 Å². The van der Waals surface area contributed by atoms with Gasteiger partial charge in [0.05, 0.1) is 11.6 Å². The van der Waals surface area contributed by atoms with Crippen molar-refractivity contribution in [1.82, 2.24) is 0 Å². The fourth-order valence-corrected chi connectivity index (χ4v) is 1.34. The van der Waals surface area contributed by atoms with E-state index in [2.05, 4.69) is 22.5 Å². The van der Waals surface area contributed by atoms with Crippen molar-refractivity contribution in [2.45, 2.75) is 0 Å². The molecule has 0 aliphatic rings. The van der Waals surface area contributed by atoms with Crippen LogP contribution in [0.4, 0.5) is 0 Å². The van der Waals surface area contributed by atoms with Crippen molar-refractivity contribution in [3.05, 3.63) is 40.9 Å². The zero-order valence-corrected chi connectivity index (χ0v) is 8.80. The van der Waals surface area contributed by atoms with E-state index < -0.39 is 0 Å². The number of halogens is 1. The number of allylic oxidation sites excluding steroid dienone is 1. The van der Waals surface area contributed by atoms with Crippen LogP contribution in [-0.2, 0) is 0 Å². The first kappa shape index (κ1) is 9.99. The zero-order chi connectivity index (χ0) is 9.84. The molecule has 0 bridgehead atoms. The smallest absolute Gasteiger partial charge is 0.185 e. The van der Waals surface area contributed by atoms with Crippen LogP contribution < -0.4 is 4.74 Å². The average Bonchev–Trinajstić information content (AvgIpc) is 2.17. The van der Waals surface area contributed by atoms with E-state index >= 15 is 0 Å². The van der Waals surface area contributed by atoms with Gasteiger partial charge >= 0.3 is 0 Å². The Kier molecular flexibility index (Phi) is 3.25. The number of rotatable bonds is 3. The minimum Gasteiger partial charge on any atom is -0.496 e. The van der Waals surface area contributed by atoms with E-state index in [4.69, 9.17) is 4.74 Å². The first-order valence-electron chi connectivity index (χ1n) is 3.69. The SMILES string of the molecule is C=CC(=O)c1ccc(Br)c(OC)c1. The lowest BCUT2D eigenvalue weighted by atomic mass is 10.1. The summed E-state index contributed by atoms with van der Waals surface area (Å²) in [4.78, 5) is 11.2. The molecule has 0 aliphatic heterocycles. The fraction of sp³-hybridized carbons (Fsp3) is 0.100. The number of methoxy groups -OCH3 is 1. The number of hydrogen-bond acceptors (Lipinski definition) is 2. The molecule has 2 nitrogen and oxygen atoms in total. The quantitative estimate of drug-likeness (QED) is 0.600. The Morgan fingerprint density at radius 1 is 1.62 bits per heavy atom. The molecule has 0 amide bonds. The maximum Gasteiger partial charge on any atom is 0.185 e. The van der Waals surface area contributed by atoms with Crippen molar-refractivity contribution in [2.75, 3.05) is 7.11 Å². The molecule has 0 saturated heterocycles. The summed E-state index contributed by atoms with van der Waals surface area (Å²) < 4.78 is 5.88. The van der Waals surface area contributed by atoms with Crippen LogP contribution in [0.5, 0.6) is 5.75 Å². The predicted octanol–water partition coefficient (Wildman–Crippen LogP) is 2.83. The number of benzene rings is 1. The van der Waals surface area contributed by atoms with Crippen LogP contribution in [0.2, 0.25) is 0 Å². The highest BCUT2D eigenvalue weighted by molar-refractivity contribution is 9.10. The van der Waals surface area contributed by atoms with Crippen molar-refractivity contribution in [2.24, 2.45) is 0 Å². The molecular formula is C10H9BrO2. The fourth-order valence-electron chi connectivity index (χ4n) is 0.931. The van der Waals surface area contributed by atoms with Crippen LogP contribution in [0.25, 0.3) is 0 Å². The standard InChI is InChI=1S/C10H9BrO2/c1-3-9(12)7-4-5-8(11)10(6-7)13-2/h3-6H,1H2,2H3. The molecule has 0 aliphatic carbocycles. The van der Waals surface area contributed by atoms with Crippen LogP contribution in [0.3, 0.4) is 0 Å². The van der Waals surface area contributed by atoms with Crippen molar-refractivity contribution >= 4 is 21.7 Å². The summed E-state index contributed by atoms with van der Waals surface area (Å²) in [5, 5.41) is 0. The van der Waals surface area contributed by atoms with E-state index in [-0.39, 0.29) is 5.78 Å². The molecule has 1 aromatic carbocycles. The maximum absolute atomic E-state index is 11.2. The highest BCUT2D eigenvalue weighted by Crippen LogP contribution is 2.25. The first-order chi connectivity index (χ1) is 6.19. The molecule has 0 unspecified atom stereocenters. The molecule has 68 valence electrons. The molecule has 0 N–H and O–H groups in total. The third-order valence-electron chi connectivity index (χ3n) is 1.62. The molecule has 0 heterocycles. The van der Waals surface area contributed by atoms with Gasteiger partial charge in [0.15, 0.2) is 5.78 Å². The maximum atomic E-state index is 11.2. The Labute approximate surface area is 85.3 Å². The van der Waals surface area contributed by atoms with E-state index in [1.165, 1.54) is 6.08 Å². The van der Waals surface area contributed by atoms with Crippen LogP contribution in [0, 0.1) is 0 Å². The average molecular weight is 241 g/mol. The van der Waals surface area contributed by atoms with E-state index in [1.807, 2.05) is 0 Å². The number of hydrogen-bond donors (Lipinski definition) is 0. The largest absolute Gasteiger partial charge is 0.496 e. The second kappa shape index (κ2) is 4.23. The van der Waals surface area contributed by atoms with Gasteiger partial charge in [0.2, 0.25) is 0 Å². The molecule has 1 aromatic rings. The number of carbonyl (C=O) groups excluding carboxylic acids is 1. The van der Waals surface area contributed by atoms with Gasteiger partial charge in [-0.15, -0.1) is 0 Å². The Hall–Kier alpha value is -1.09. The summed E-state index contributed by atoms with van der Waals surface area (Å²) in [5.41, 5.74) is 0.579. The van der Waals surface area contributed by atoms with Crippen molar-refractivity contribution < 1.29 is 9.53 Å². The third kappa shape index (κ3) is 2.18. The summed E-state index contributed by atoms with van der Waals surface area (Å²) in [6.07, 6.45) is 1.28. The molecule has 0 aromatic heterocycles. The lowest BCUT2D eigenvalue weighted by Gasteiger charge is -2.03. The monoisotopic (exact) mass is 240 g/mol. The number of carbonyl (C=O) groups is 1. The van der Waals surface area contributed by atoms with Gasteiger partial charge < -0.3 is 4.74 Å². The molecular weight excluding hydrogens is 232 g/mol. The van der Waals surface area contributed by atoms with Crippen molar-refractivity contribution in [1.29, 1.82) is 0 Å². The van der Waals surface area contributed by atoms with Gasteiger partial charge in [0, 0.05) is 5.56 Å². The van der Waals surface area contributed by atoms with E-state index in [0.29, 0.717) is 11.3 Å². The minimum absolute atomic E-state index is 0.106. The minimum atomic E-state index is -0.106. The van der Waals surface area contributed by atoms with Crippen LogP contribution in [0.15, 0.2) is 35.3 Å². The molecule has 0 saturated carbocycles. The molecule has 13 heavy (non-hydrogen) atoms. The van der Waals surface area contributed by atoms with Gasteiger partial charge in [-0.1, -0.05) is 6.58 Å². The molecule has 0 atom stereocenters. The number of ketones is 1. The van der Waals surface area contributed by atoms with Gasteiger partial charge in [-0.2, -0.15) is 0 Å². The molecule has 3 heteroatoms. The summed E-state index contributed by atoms with van der Waals surface area (Å²) in [6, 6.07) is 5.17. The highest BCUT2D eigenvalue weighted by atomic mass is 79.9. The van der Waals surface area contributed by atoms with Gasteiger partial charge in [-0.05, 0) is 40.2 Å². The topological polar surface area (TPSA) is 26.3 Å². The summed E-state index contributed by atoms with van der Waals surface area (Å²) in [6.45, 7) is 3.41. The lowest BCUT2D eigenvalue weighted by Crippen LogP contribution is -1.94. The Balaban J connectivity index is 3.13.